The van der Waals surface area contributed by atoms with Crippen molar-refractivity contribution >= 4 is 5.91 Å². The van der Waals surface area contributed by atoms with Gasteiger partial charge in [0.25, 0.3) is 0 Å². The molecular formula is C22H42N2O3. The molecule has 27 heavy (non-hydrogen) atoms. The zero-order chi connectivity index (χ0) is 20.4. The molecule has 158 valence electrons. The number of ether oxygens (including phenoxy) is 1. The topological polar surface area (TPSA) is 61.8 Å². The zero-order valence-electron chi connectivity index (χ0n) is 18.2. The van der Waals surface area contributed by atoms with Gasteiger partial charge in [0, 0.05) is 25.4 Å². The maximum absolute atomic E-state index is 12.1. The van der Waals surface area contributed by atoms with E-state index in [1.54, 1.807) is 0 Å². The second-order valence-corrected chi connectivity index (χ2v) is 9.22. The first kappa shape index (κ1) is 24.1. The average Bonchev–Trinajstić information content (AvgIpc) is 2.53. The molecule has 0 saturated carbocycles. The van der Waals surface area contributed by atoms with Gasteiger partial charge in [0.05, 0.1) is 6.10 Å². The molecule has 0 radical (unpaired) electrons. The molecule has 0 aromatic carbocycles. The van der Waals surface area contributed by atoms with E-state index in [-0.39, 0.29) is 17.4 Å². The lowest BCUT2D eigenvalue weighted by molar-refractivity contribution is -0.173. The quantitative estimate of drug-likeness (QED) is 0.505. The van der Waals surface area contributed by atoms with Gasteiger partial charge >= 0.3 is 0 Å². The minimum absolute atomic E-state index is 0.0861. The van der Waals surface area contributed by atoms with E-state index < -0.39 is 6.29 Å². The number of nitrogens with one attached hydrogen (secondary N) is 1. The van der Waals surface area contributed by atoms with Gasteiger partial charge in [0.2, 0.25) is 5.91 Å². The third-order valence-corrected chi connectivity index (χ3v) is 5.56. The molecule has 4 atom stereocenters. The summed E-state index contributed by atoms with van der Waals surface area (Å²) in [6.07, 6.45) is 7.58. The van der Waals surface area contributed by atoms with Crippen LogP contribution in [0.5, 0.6) is 0 Å². The van der Waals surface area contributed by atoms with Crippen molar-refractivity contribution in [3.05, 3.63) is 12.7 Å². The summed E-state index contributed by atoms with van der Waals surface area (Å²) >= 11 is 0. The van der Waals surface area contributed by atoms with Crippen LogP contribution in [0.1, 0.15) is 72.6 Å². The van der Waals surface area contributed by atoms with Crippen LogP contribution in [0.4, 0.5) is 0 Å². The predicted molar refractivity (Wildman–Crippen MR) is 111 cm³/mol. The third-order valence-electron chi connectivity index (χ3n) is 5.56. The normalized spacial score (nSPS) is 24.6. The highest BCUT2D eigenvalue weighted by atomic mass is 16.6. The van der Waals surface area contributed by atoms with Gasteiger partial charge in [-0.1, -0.05) is 26.8 Å². The Balaban J connectivity index is 2.15. The van der Waals surface area contributed by atoms with Gasteiger partial charge in [0.1, 0.15) is 0 Å². The van der Waals surface area contributed by atoms with Gasteiger partial charge in [-0.15, -0.1) is 6.58 Å². The number of aliphatic hydroxyl groups is 1. The molecule has 1 aliphatic heterocycles. The summed E-state index contributed by atoms with van der Waals surface area (Å²) in [7, 11) is 2.07. The fraction of sp³-hybridized carbons (Fsp3) is 0.864. The van der Waals surface area contributed by atoms with E-state index >= 15 is 0 Å². The Morgan fingerprint density at radius 3 is 2.78 bits per heavy atom. The number of allylic oxidation sites excluding steroid dienone is 1. The Bertz CT molecular complexity index is 443. The Morgan fingerprint density at radius 2 is 2.15 bits per heavy atom. The molecule has 5 heteroatoms. The highest BCUT2D eigenvalue weighted by Gasteiger charge is 2.28. The number of hydrogen-bond acceptors (Lipinski definition) is 4. The van der Waals surface area contributed by atoms with E-state index in [1.165, 1.54) is 0 Å². The largest absolute Gasteiger partial charge is 0.368 e. The fourth-order valence-corrected chi connectivity index (χ4v) is 4.19. The molecular weight excluding hydrogens is 340 g/mol. The van der Waals surface area contributed by atoms with E-state index in [0.717, 1.165) is 45.2 Å². The molecule has 0 bridgehead atoms. The lowest BCUT2D eigenvalue weighted by Crippen LogP contribution is -2.43. The summed E-state index contributed by atoms with van der Waals surface area (Å²) in [5.74, 6) is 0.731. The van der Waals surface area contributed by atoms with Crippen molar-refractivity contribution in [3.8, 4) is 0 Å². The SMILES string of the molecule is C=CCC(C)(C)CC(C)CCNC(=O)CCCN(C)C1CC(C)OC(O)C1. The predicted octanol–water partition coefficient (Wildman–Crippen LogP) is 3.72. The van der Waals surface area contributed by atoms with Crippen LogP contribution in [-0.4, -0.2) is 54.5 Å². The van der Waals surface area contributed by atoms with E-state index in [0.29, 0.717) is 24.8 Å². The van der Waals surface area contributed by atoms with Crippen molar-refractivity contribution in [2.24, 2.45) is 11.3 Å². The molecule has 1 rings (SSSR count). The summed E-state index contributed by atoms with van der Waals surface area (Å²) in [6.45, 7) is 14.3. The smallest absolute Gasteiger partial charge is 0.220 e. The van der Waals surface area contributed by atoms with Gasteiger partial charge in [-0.2, -0.15) is 0 Å². The summed E-state index contributed by atoms with van der Waals surface area (Å²) < 4.78 is 5.38. The van der Waals surface area contributed by atoms with Gasteiger partial charge < -0.3 is 20.1 Å². The fourth-order valence-electron chi connectivity index (χ4n) is 4.19. The standard InChI is InChI=1S/C22H42N2O3/c1-7-11-22(4,5)16-17(2)10-12-23-20(25)9-8-13-24(6)19-14-18(3)27-21(26)15-19/h7,17-19,21,26H,1,8-16H2,2-6H3,(H,23,25). The van der Waals surface area contributed by atoms with Crippen LogP contribution in [-0.2, 0) is 9.53 Å². The molecule has 0 aliphatic carbocycles. The molecule has 0 aromatic rings. The van der Waals surface area contributed by atoms with E-state index in [1.807, 2.05) is 13.0 Å². The number of hydrogen-bond donors (Lipinski definition) is 2. The molecule has 1 amide bonds. The average molecular weight is 383 g/mol. The van der Waals surface area contributed by atoms with Crippen molar-refractivity contribution in [3.63, 3.8) is 0 Å². The van der Waals surface area contributed by atoms with Crippen LogP contribution in [0, 0.1) is 11.3 Å². The van der Waals surface area contributed by atoms with Gasteiger partial charge in [-0.05, 0) is 64.0 Å². The first-order valence-corrected chi connectivity index (χ1v) is 10.5. The van der Waals surface area contributed by atoms with E-state index in [2.05, 4.69) is 44.6 Å². The molecule has 4 unspecified atom stereocenters. The maximum atomic E-state index is 12.1. The van der Waals surface area contributed by atoms with Crippen LogP contribution in [0.3, 0.4) is 0 Å². The van der Waals surface area contributed by atoms with Crippen molar-refractivity contribution in [1.82, 2.24) is 10.2 Å². The summed E-state index contributed by atoms with van der Waals surface area (Å²) in [4.78, 5) is 14.3. The molecule has 2 N–H and O–H groups in total. The van der Waals surface area contributed by atoms with Crippen LogP contribution in [0.15, 0.2) is 12.7 Å². The highest BCUT2D eigenvalue weighted by molar-refractivity contribution is 5.75. The molecule has 0 aromatic heterocycles. The monoisotopic (exact) mass is 382 g/mol. The Kier molecular flexibility index (Phi) is 10.6. The van der Waals surface area contributed by atoms with Crippen LogP contribution in [0.2, 0.25) is 0 Å². The second kappa shape index (κ2) is 11.8. The molecule has 1 aliphatic rings. The minimum atomic E-state index is -0.664. The Morgan fingerprint density at radius 1 is 1.44 bits per heavy atom. The molecule has 1 heterocycles. The maximum Gasteiger partial charge on any atom is 0.220 e. The van der Waals surface area contributed by atoms with E-state index in [4.69, 9.17) is 4.74 Å². The molecule has 5 nitrogen and oxygen atoms in total. The molecule has 0 spiro atoms. The first-order valence-electron chi connectivity index (χ1n) is 10.5. The van der Waals surface area contributed by atoms with Crippen molar-refractivity contribution in [2.45, 2.75) is 91.1 Å². The van der Waals surface area contributed by atoms with Crippen LogP contribution < -0.4 is 5.32 Å². The van der Waals surface area contributed by atoms with Gasteiger partial charge in [-0.3, -0.25) is 4.79 Å². The lowest BCUT2D eigenvalue weighted by atomic mass is 9.80. The number of carbonyl (C=O) groups excluding carboxylic acids is 1. The lowest BCUT2D eigenvalue weighted by Gasteiger charge is -2.36. The molecule has 1 fully saturated rings. The van der Waals surface area contributed by atoms with Crippen molar-refractivity contribution in [1.29, 1.82) is 0 Å². The number of amides is 1. The number of aliphatic hydroxyl groups excluding tert-OH is 1. The second-order valence-electron chi connectivity index (χ2n) is 9.22. The van der Waals surface area contributed by atoms with Crippen molar-refractivity contribution < 1.29 is 14.6 Å². The van der Waals surface area contributed by atoms with Gasteiger partial charge in [0.15, 0.2) is 6.29 Å². The number of carbonyl (C=O) groups is 1. The van der Waals surface area contributed by atoms with Crippen molar-refractivity contribution in [2.75, 3.05) is 20.1 Å². The summed E-state index contributed by atoms with van der Waals surface area (Å²) in [5.41, 5.74) is 0.283. The first-order chi connectivity index (χ1) is 12.6. The van der Waals surface area contributed by atoms with Crippen LogP contribution in [0.25, 0.3) is 0 Å². The zero-order valence-corrected chi connectivity index (χ0v) is 18.2. The highest BCUT2D eigenvalue weighted by Crippen LogP contribution is 2.30. The number of rotatable bonds is 12. The third kappa shape index (κ3) is 10.3. The van der Waals surface area contributed by atoms with E-state index in [9.17, 15) is 9.90 Å². The summed E-state index contributed by atoms with van der Waals surface area (Å²) in [5, 5.41) is 12.8. The van der Waals surface area contributed by atoms with Gasteiger partial charge in [-0.25, -0.2) is 0 Å². The Labute approximate surface area is 166 Å². The molecule has 1 saturated heterocycles. The summed E-state index contributed by atoms with van der Waals surface area (Å²) in [6, 6.07) is 0.326. The minimum Gasteiger partial charge on any atom is -0.368 e. The number of nitrogens with zero attached hydrogens (tertiary/aromatic N) is 1. The van der Waals surface area contributed by atoms with Crippen LogP contribution >= 0.6 is 0 Å². The Hall–Kier alpha value is -0.910.